The SMILES string of the molecule is COc1cccc(C(C)C(=O)NCCCN)c1.Cl. The van der Waals surface area contributed by atoms with Gasteiger partial charge in [-0.25, -0.2) is 0 Å². The van der Waals surface area contributed by atoms with E-state index in [0.717, 1.165) is 17.7 Å². The fraction of sp³-hybridized carbons (Fsp3) is 0.462. The summed E-state index contributed by atoms with van der Waals surface area (Å²) >= 11 is 0. The number of carbonyl (C=O) groups is 1. The summed E-state index contributed by atoms with van der Waals surface area (Å²) in [6, 6.07) is 7.56. The van der Waals surface area contributed by atoms with Crippen LogP contribution in [0.2, 0.25) is 0 Å². The Morgan fingerprint density at radius 2 is 2.22 bits per heavy atom. The van der Waals surface area contributed by atoms with Gasteiger partial charge in [0, 0.05) is 6.54 Å². The maximum atomic E-state index is 11.8. The highest BCUT2D eigenvalue weighted by atomic mass is 35.5. The Kier molecular flexibility index (Phi) is 8.16. The molecule has 1 atom stereocenters. The van der Waals surface area contributed by atoms with Crippen molar-refractivity contribution in [2.24, 2.45) is 5.73 Å². The van der Waals surface area contributed by atoms with E-state index in [1.165, 1.54) is 0 Å². The molecule has 0 heterocycles. The molecule has 0 bridgehead atoms. The maximum absolute atomic E-state index is 11.8. The largest absolute Gasteiger partial charge is 0.497 e. The van der Waals surface area contributed by atoms with Gasteiger partial charge < -0.3 is 15.8 Å². The van der Waals surface area contributed by atoms with Crippen LogP contribution in [0.5, 0.6) is 5.75 Å². The van der Waals surface area contributed by atoms with Crippen LogP contribution in [0.4, 0.5) is 0 Å². The van der Waals surface area contributed by atoms with Gasteiger partial charge in [-0.1, -0.05) is 12.1 Å². The smallest absolute Gasteiger partial charge is 0.227 e. The first-order valence-corrected chi connectivity index (χ1v) is 5.80. The predicted molar refractivity (Wildman–Crippen MR) is 75.3 cm³/mol. The minimum absolute atomic E-state index is 0. The number of hydrogen-bond donors (Lipinski definition) is 2. The Labute approximate surface area is 114 Å². The molecular formula is C13H21ClN2O2. The molecule has 0 aliphatic rings. The van der Waals surface area contributed by atoms with Crippen molar-refractivity contribution in [1.29, 1.82) is 0 Å². The van der Waals surface area contributed by atoms with Gasteiger partial charge in [0.1, 0.15) is 5.75 Å². The second kappa shape index (κ2) is 8.78. The number of nitrogens with two attached hydrogens (primary N) is 1. The molecule has 0 fully saturated rings. The summed E-state index contributed by atoms with van der Waals surface area (Å²) < 4.78 is 5.14. The van der Waals surface area contributed by atoms with E-state index in [9.17, 15) is 4.79 Å². The number of nitrogens with one attached hydrogen (secondary N) is 1. The number of rotatable bonds is 6. The lowest BCUT2D eigenvalue weighted by Crippen LogP contribution is -2.29. The summed E-state index contributed by atoms with van der Waals surface area (Å²) in [7, 11) is 1.62. The zero-order chi connectivity index (χ0) is 12.7. The molecule has 0 aliphatic heterocycles. The van der Waals surface area contributed by atoms with Crippen LogP contribution < -0.4 is 15.8 Å². The molecule has 0 spiro atoms. The monoisotopic (exact) mass is 272 g/mol. The molecule has 4 nitrogen and oxygen atoms in total. The fourth-order valence-electron chi connectivity index (χ4n) is 1.53. The van der Waals surface area contributed by atoms with Gasteiger partial charge in [-0.2, -0.15) is 0 Å². The number of methoxy groups -OCH3 is 1. The molecule has 1 aromatic rings. The summed E-state index contributed by atoms with van der Waals surface area (Å²) in [6.07, 6.45) is 0.802. The Morgan fingerprint density at radius 1 is 1.50 bits per heavy atom. The van der Waals surface area contributed by atoms with Crippen LogP contribution in [0.25, 0.3) is 0 Å². The van der Waals surface area contributed by atoms with E-state index in [1.54, 1.807) is 7.11 Å². The third kappa shape index (κ3) is 4.94. The lowest BCUT2D eigenvalue weighted by Gasteiger charge is -2.13. The van der Waals surface area contributed by atoms with Gasteiger partial charge in [-0.15, -0.1) is 12.4 Å². The molecule has 5 heteroatoms. The molecule has 1 unspecified atom stereocenters. The predicted octanol–water partition coefficient (Wildman–Crippen LogP) is 1.69. The Hall–Kier alpha value is -1.26. The molecule has 0 saturated heterocycles. The van der Waals surface area contributed by atoms with Crippen LogP contribution in [0, 0.1) is 0 Å². The minimum Gasteiger partial charge on any atom is -0.497 e. The van der Waals surface area contributed by atoms with E-state index in [-0.39, 0.29) is 24.2 Å². The van der Waals surface area contributed by atoms with Crippen molar-refractivity contribution >= 4 is 18.3 Å². The van der Waals surface area contributed by atoms with Gasteiger partial charge in [-0.05, 0) is 37.6 Å². The van der Waals surface area contributed by atoms with Gasteiger partial charge in [0.2, 0.25) is 5.91 Å². The Bertz CT molecular complexity index is 372. The molecule has 1 amide bonds. The highest BCUT2D eigenvalue weighted by molar-refractivity contribution is 5.85. The maximum Gasteiger partial charge on any atom is 0.227 e. The Morgan fingerprint density at radius 3 is 2.83 bits per heavy atom. The molecule has 3 N–H and O–H groups in total. The molecule has 0 radical (unpaired) electrons. The molecule has 0 aromatic heterocycles. The molecule has 102 valence electrons. The van der Waals surface area contributed by atoms with Crippen molar-refractivity contribution in [2.45, 2.75) is 19.3 Å². The summed E-state index contributed by atoms with van der Waals surface area (Å²) in [4.78, 5) is 11.8. The minimum atomic E-state index is -0.178. The topological polar surface area (TPSA) is 64.3 Å². The second-order valence-corrected chi connectivity index (χ2v) is 3.93. The number of benzene rings is 1. The van der Waals surface area contributed by atoms with Crippen LogP contribution in [0.1, 0.15) is 24.8 Å². The number of ether oxygens (including phenoxy) is 1. The summed E-state index contributed by atoms with van der Waals surface area (Å²) in [5.41, 5.74) is 6.33. The third-order valence-corrected chi connectivity index (χ3v) is 2.67. The summed E-state index contributed by atoms with van der Waals surface area (Å²) in [5, 5.41) is 2.86. The van der Waals surface area contributed by atoms with Crippen molar-refractivity contribution in [3.05, 3.63) is 29.8 Å². The highest BCUT2D eigenvalue weighted by Gasteiger charge is 2.14. The third-order valence-electron chi connectivity index (χ3n) is 2.67. The van der Waals surface area contributed by atoms with E-state index in [4.69, 9.17) is 10.5 Å². The number of halogens is 1. The first-order valence-electron chi connectivity index (χ1n) is 5.80. The fourth-order valence-corrected chi connectivity index (χ4v) is 1.53. The number of carbonyl (C=O) groups excluding carboxylic acids is 1. The average Bonchev–Trinajstić information content (AvgIpc) is 2.38. The van der Waals surface area contributed by atoms with Crippen molar-refractivity contribution in [1.82, 2.24) is 5.32 Å². The van der Waals surface area contributed by atoms with Crippen LogP contribution in [-0.4, -0.2) is 26.1 Å². The van der Waals surface area contributed by atoms with Crippen LogP contribution in [-0.2, 0) is 4.79 Å². The van der Waals surface area contributed by atoms with Crippen molar-refractivity contribution in [3.8, 4) is 5.75 Å². The van der Waals surface area contributed by atoms with E-state index < -0.39 is 0 Å². The Balaban J connectivity index is 0.00000289. The first-order chi connectivity index (χ1) is 8.19. The van der Waals surface area contributed by atoms with Crippen LogP contribution >= 0.6 is 12.4 Å². The molecule has 0 saturated carbocycles. The molecule has 1 rings (SSSR count). The van der Waals surface area contributed by atoms with Crippen molar-refractivity contribution in [3.63, 3.8) is 0 Å². The average molecular weight is 273 g/mol. The van der Waals surface area contributed by atoms with E-state index in [1.807, 2.05) is 31.2 Å². The lowest BCUT2D eigenvalue weighted by atomic mass is 10.00. The lowest BCUT2D eigenvalue weighted by molar-refractivity contribution is -0.122. The summed E-state index contributed by atoms with van der Waals surface area (Å²) in [5.74, 6) is 0.610. The zero-order valence-electron chi connectivity index (χ0n) is 10.8. The van der Waals surface area contributed by atoms with Crippen LogP contribution in [0.15, 0.2) is 24.3 Å². The standard InChI is InChI=1S/C13H20N2O2.ClH/c1-10(13(16)15-8-4-7-14)11-5-3-6-12(9-11)17-2;/h3,5-6,9-10H,4,7-8,14H2,1-2H3,(H,15,16);1H. The zero-order valence-corrected chi connectivity index (χ0v) is 11.6. The molecule has 0 aliphatic carbocycles. The van der Waals surface area contributed by atoms with Gasteiger partial charge in [-0.3, -0.25) is 4.79 Å². The van der Waals surface area contributed by atoms with Gasteiger partial charge >= 0.3 is 0 Å². The van der Waals surface area contributed by atoms with E-state index in [2.05, 4.69) is 5.32 Å². The van der Waals surface area contributed by atoms with Gasteiger partial charge in [0.15, 0.2) is 0 Å². The molecule has 1 aromatic carbocycles. The first kappa shape index (κ1) is 16.7. The van der Waals surface area contributed by atoms with Gasteiger partial charge in [0.25, 0.3) is 0 Å². The quantitative estimate of drug-likeness (QED) is 0.775. The normalized spacial score (nSPS) is 11.3. The van der Waals surface area contributed by atoms with Gasteiger partial charge in [0.05, 0.1) is 13.0 Å². The second-order valence-electron chi connectivity index (χ2n) is 3.93. The summed E-state index contributed by atoms with van der Waals surface area (Å²) in [6.45, 7) is 3.10. The van der Waals surface area contributed by atoms with Crippen molar-refractivity contribution in [2.75, 3.05) is 20.2 Å². The van der Waals surface area contributed by atoms with Crippen LogP contribution in [0.3, 0.4) is 0 Å². The number of hydrogen-bond acceptors (Lipinski definition) is 3. The van der Waals surface area contributed by atoms with E-state index >= 15 is 0 Å². The molecule has 18 heavy (non-hydrogen) atoms. The number of amides is 1. The molecular weight excluding hydrogens is 252 g/mol. The van der Waals surface area contributed by atoms with E-state index in [0.29, 0.717) is 13.1 Å². The van der Waals surface area contributed by atoms with Crippen molar-refractivity contribution < 1.29 is 9.53 Å². The highest BCUT2D eigenvalue weighted by Crippen LogP contribution is 2.20.